The average molecular weight is 476 g/mol. The fraction of sp³-hybridized carbons (Fsp3) is 0.129. The minimum Gasteiger partial charge on any atom is -0.496 e. The van der Waals surface area contributed by atoms with E-state index in [0.29, 0.717) is 22.6 Å². The van der Waals surface area contributed by atoms with Crippen LogP contribution < -0.4 is 9.47 Å². The molecular weight excluding hydrogens is 450 g/mol. The predicted octanol–water partition coefficient (Wildman–Crippen LogP) is 6.84. The van der Waals surface area contributed by atoms with Gasteiger partial charge in [0.05, 0.1) is 36.4 Å². The molecule has 0 amide bonds. The summed E-state index contributed by atoms with van der Waals surface area (Å²) in [6.07, 6.45) is -0.834. The van der Waals surface area contributed by atoms with E-state index in [0.717, 1.165) is 33.3 Å². The number of epoxide rings is 1. The number of benzene rings is 4. The van der Waals surface area contributed by atoms with Crippen LogP contribution in [0.1, 0.15) is 22.0 Å². The highest BCUT2D eigenvalue weighted by atomic mass is 16.6. The normalized spacial score (nSPS) is 16.6. The second-order valence-corrected chi connectivity index (χ2v) is 8.77. The quantitative estimate of drug-likeness (QED) is 0.207. The van der Waals surface area contributed by atoms with Crippen LogP contribution >= 0.6 is 0 Å². The van der Waals surface area contributed by atoms with Gasteiger partial charge in [-0.15, -0.1) is 0 Å². The molecule has 0 unspecified atom stereocenters. The third-order valence-electron chi connectivity index (χ3n) is 6.69. The Labute approximate surface area is 209 Å². The fourth-order valence-electron chi connectivity index (χ4n) is 4.95. The van der Waals surface area contributed by atoms with Gasteiger partial charge in [0.2, 0.25) is 0 Å². The average Bonchev–Trinajstić information content (AvgIpc) is 3.66. The molecule has 6 rings (SSSR count). The van der Waals surface area contributed by atoms with Crippen LogP contribution in [-0.4, -0.2) is 31.1 Å². The van der Waals surface area contributed by atoms with Crippen LogP contribution in [-0.2, 0) is 4.74 Å². The molecule has 0 aliphatic carbocycles. The third-order valence-corrected chi connectivity index (χ3v) is 6.69. The lowest BCUT2D eigenvalue weighted by Crippen LogP contribution is -2.11. The van der Waals surface area contributed by atoms with Gasteiger partial charge in [-0.2, -0.15) is 0 Å². The lowest BCUT2D eigenvalue weighted by molar-refractivity contribution is 0.0952. The lowest BCUT2D eigenvalue weighted by Gasteiger charge is -2.13. The number of nitrogens with one attached hydrogen (secondary N) is 1. The third kappa shape index (κ3) is 3.65. The first-order valence-corrected chi connectivity index (χ1v) is 11.9. The van der Waals surface area contributed by atoms with Gasteiger partial charge in [-0.25, -0.2) is 0 Å². The zero-order valence-corrected chi connectivity index (χ0v) is 20.0. The number of carbonyl (C=O) groups excluding carboxylic acids is 1. The van der Waals surface area contributed by atoms with Crippen LogP contribution in [0.2, 0.25) is 0 Å². The molecule has 0 bridgehead atoms. The number of methoxy groups -OCH3 is 2. The van der Waals surface area contributed by atoms with E-state index >= 15 is 0 Å². The molecule has 5 nitrogen and oxygen atoms in total. The molecule has 5 heteroatoms. The Kier molecular flexibility index (Phi) is 5.55. The molecule has 178 valence electrons. The van der Waals surface area contributed by atoms with Gasteiger partial charge < -0.3 is 19.2 Å². The second kappa shape index (κ2) is 9.02. The first-order valence-electron chi connectivity index (χ1n) is 11.9. The zero-order chi connectivity index (χ0) is 24.6. The number of Topliss-reactive ketones (excluding diaryl/α,β-unsaturated/α-hetero) is 1. The Morgan fingerprint density at radius 3 is 1.97 bits per heavy atom. The smallest absolute Gasteiger partial charge is 0.200 e. The van der Waals surface area contributed by atoms with E-state index in [1.54, 1.807) is 20.3 Å². The molecule has 1 fully saturated rings. The Hall–Kier alpha value is -4.35. The number of fused-ring (bicyclic) bond motifs is 1. The molecule has 4 aromatic carbocycles. The molecule has 0 saturated carbocycles. The Morgan fingerprint density at radius 2 is 1.36 bits per heavy atom. The van der Waals surface area contributed by atoms with E-state index in [-0.39, 0.29) is 11.9 Å². The van der Waals surface area contributed by atoms with Gasteiger partial charge in [-0.05, 0) is 16.7 Å². The minimum atomic E-state index is -0.568. The SMILES string of the molecule is COc1cc(OC)c2c(-c3ccccc3)c(-c3ccccc3)[nH]c2c1C(=O)[C@H]1O[C@H]1c1ccccc1. The molecule has 1 N–H and O–H groups in total. The van der Waals surface area contributed by atoms with Gasteiger partial charge in [-0.1, -0.05) is 91.0 Å². The van der Waals surface area contributed by atoms with Crippen LogP contribution in [0.15, 0.2) is 97.1 Å². The number of aromatic amines is 1. The maximum absolute atomic E-state index is 13.9. The van der Waals surface area contributed by atoms with Crippen LogP contribution in [0, 0.1) is 0 Å². The maximum Gasteiger partial charge on any atom is 0.200 e. The zero-order valence-electron chi connectivity index (χ0n) is 20.0. The van der Waals surface area contributed by atoms with Gasteiger partial charge in [0.15, 0.2) is 11.9 Å². The fourth-order valence-corrected chi connectivity index (χ4v) is 4.95. The summed E-state index contributed by atoms with van der Waals surface area (Å²) in [6, 6.07) is 31.8. The molecule has 0 radical (unpaired) electrons. The monoisotopic (exact) mass is 475 g/mol. The van der Waals surface area contributed by atoms with Crippen molar-refractivity contribution in [1.29, 1.82) is 0 Å². The van der Waals surface area contributed by atoms with Crippen molar-refractivity contribution in [2.75, 3.05) is 14.2 Å². The number of H-pyrrole nitrogens is 1. The lowest BCUT2D eigenvalue weighted by atomic mass is 9.95. The molecule has 1 aliphatic rings. The van der Waals surface area contributed by atoms with E-state index in [4.69, 9.17) is 14.2 Å². The summed E-state index contributed by atoms with van der Waals surface area (Å²) in [5, 5.41) is 0.837. The number of hydrogen-bond acceptors (Lipinski definition) is 4. The van der Waals surface area contributed by atoms with Crippen molar-refractivity contribution in [1.82, 2.24) is 4.98 Å². The van der Waals surface area contributed by atoms with Gasteiger partial charge in [0, 0.05) is 11.6 Å². The number of rotatable bonds is 7. The molecular formula is C31H25NO4. The van der Waals surface area contributed by atoms with Crippen molar-refractivity contribution in [2.24, 2.45) is 0 Å². The van der Waals surface area contributed by atoms with Gasteiger partial charge >= 0.3 is 0 Å². The minimum absolute atomic E-state index is 0.117. The first kappa shape index (κ1) is 22.1. The topological polar surface area (TPSA) is 63.9 Å². The van der Waals surface area contributed by atoms with Crippen molar-refractivity contribution in [3.8, 4) is 33.9 Å². The molecule has 1 aliphatic heterocycles. The Balaban J connectivity index is 1.60. The van der Waals surface area contributed by atoms with Crippen molar-refractivity contribution in [2.45, 2.75) is 12.2 Å². The molecule has 1 saturated heterocycles. The molecule has 0 spiro atoms. The summed E-state index contributed by atoms with van der Waals surface area (Å²) in [6.45, 7) is 0. The predicted molar refractivity (Wildman–Crippen MR) is 141 cm³/mol. The van der Waals surface area contributed by atoms with Gasteiger partial charge in [0.25, 0.3) is 0 Å². The van der Waals surface area contributed by atoms with Crippen molar-refractivity contribution >= 4 is 16.7 Å². The van der Waals surface area contributed by atoms with Crippen molar-refractivity contribution in [3.05, 3.63) is 108 Å². The number of carbonyl (C=O) groups is 1. The van der Waals surface area contributed by atoms with Gasteiger partial charge in [0.1, 0.15) is 17.6 Å². The number of ether oxygens (including phenoxy) is 3. The highest BCUT2D eigenvalue weighted by molar-refractivity contribution is 6.18. The van der Waals surface area contributed by atoms with E-state index in [9.17, 15) is 4.79 Å². The standard InChI is InChI=1S/C31H25NO4/c1-34-22-18-23(35-2)26(29(33)31-30(36-31)21-16-10-5-11-17-21)28-25(22)24(19-12-6-3-7-13-19)27(32-28)20-14-8-4-9-15-20/h3-18,30-32H,1-2H3/t30-,31+/m0/s1. The number of ketones is 1. The van der Waals surface area contributed by atoms with Crippen molar-refractivity contribution < 1.29 is 19.0 Å². The highest BCUT2D eigenvalue weighted by Crippen LogP contribution is 2.49. The highest BCUT2D eigenvalue weighted by Gasteiger charge is 2.47. The Bertz CT molecular complexity index is 1540. The van der Waals surface area contributed by atoms with Crippen LogP contribution in [0.25, 0.3) is 33.3 Å². The van der Waals surface area contributed by atoms with E-state index < -0.39 is 6.10 Å². The molecule has 2 atom stereocenters. The van der Waals surface area contributed by atoms with Crippen LogP contribution in [0.4, 0.5) is 0 Å². The number of aromatic nitrogens is 1. The van der Waals surface area contributed by atoms with Crippen LogP contribution in [0.3, 0.4) is 0 Å². The van der Waals surface area contributed by atoms with Gasteiger partial charge in [-0.3, -0.25) is 4.79 Å². The summed E-state index contributed by atoms with van der Waals surface area (Å²) >= 11 is 0. The first-order chi connectivity index (χ1) is 17.7. The van der Waals surface area contributed by atoms with E-state index in [1.807, 2.05) is 66.7 Å². The number of hydrogen-bond donors (Lipinski definition) is 1. The summed E-state index contributed by atoms with van der Waals surface area (Å²) in [5.41, 5.74) is 6.05. The summed E-state index contributed by atoms with van der Waals surface area (Å²) in [7, 11) is 3.20. The summed E-state index contributed by atoms with van der Waals surface area (Å²) < 4.78 is 17.4. The van der Waals surface area contributed by atoms with E-state index in [1.165, 1.54) is 0 Å². The van der Waals surface area contributed by atoms with Crippen LogP contribution in [0.5, 0.6) is 11.5 Å². The summed E-state index contributed by atoms with van der Waals surface area (Å²) in [4.78, 5) is 17.5. The maximum atomic E-state index is 13.9. The molecule has 1 aromatic heterocycles. The van der Waals surface area contributed by atoms with E-state index in [2.05, 4.69) is 29.2 Å². The molecule has 5 aromatic rings. The largest absolute Gasteiger partial charge is 0.496 e. The second-order valence-electron chi connectivity index (χ2n) is 8.77. The Morgan fingerprint density at radius 1 is 0.778 bits per heavy atom. The summed E-state index contributed by atoms with van der Waals surface area (Å²) in [5.74, 6) is 0.966. The molecule has 2 heterocycles. The van der Waals surface area contributed by atoms with Crippen molar-refractivity contribution in [3.63, 3.8) is 0 Å². The molecule has 36 heavy (non-hydrogen) atoms.